The molecule has 0 aromatic heterocycles. The van der Waals surface area contributed by atoms with Gasteiger partial charge in [0.05, 0.1) is 36.5 Å². The largest absolute Gasteiger partial charge is 0.396 e. The summed E-state index contributed by atoms with van der Waals surface area (Å²) >= 11 is 14.0. The summed E-state index contributed by atoms with van der Waals surface area (Å²) in [6, 6.07) is 15.1. The highest BCUT2D eigenvalue weighted by Gasteiger charge is 2.56. The molecule has 1 fully saturated rings. The summed E-state index contributed by atoms with van der Waals surface area (Å²) in [5, 5.41) is 21.8. The molecule has 1 saturated carbocycles. The third kappa shape index (κ3) is 5.09. The summed E-state index contributed by atoms with van der Waals surface area (Å²) in [4.78, 5) is 16.7. The number of rotatable bonds is 9. The van der Waals surface area contributed by atoms with E-state index in [2.05, 4.69) is 0 Å². The molecule has 1 aliphatic heterocycles. The maximum Gasteiger partial charge on any atom is 0.257 e. The van der Waals surface area contributed by atoms with Gasteiger partial charge < -0.3 is 14.9 Å². The lowest BCUT2D eigenvalue weighted by atomic mass is 9.88. The zero-order valence-corrected chi connectivity index (χ0v) is 24.3. The van der Waals surface area contributed by atoms with Crippen molar-refractivity contribution in [3.05, 3.63) is 98.3 Å². The topological polar surface area (TPSA) is 70.0 Å². The number of hydrogen-bond acceptors (Lipinski definition) is 5. The van der Waals surface area contributed by atoms with Crippen molar-refractivity contribution in [2.45, 2.75) is 49.5 Å². The van der Waals surface area contributed by atoms with Crippen LogP contribution < -0.4 is 0 Å². The quantitative estimate of drug-likeness (QED) is 0.271. The van der Waals surface area contributed by atoms with Gasteiger partial charge in [0.15, 0.2) is 5.72 Å². The van der Waals surface area contributed by atoms with Crippen molar-refractivity contribution in [1.82, 2.24) is 4.90 Å². The molecule has 1 atom stereocenters. The van der Waals surface area contributed by atoms with Crippen LogP contribution in [0.2, 0.25) is 10.0 Å². The second kappa shape index (κ2) is 10.4. The van der Waals surface area contributed by atoms with Crippen LogP contribution in [0.4, 0.5) is 4.39 Å². The normalized spacial score (nSPS) is 19.9. The Labute approximate surface area is 241 Å². The van der Waals surface area contributed by atoms with E-state index in [1.54, 1.807) is 50.2 Å². The van der Waals surface area contributed by atoms with Crippen molar-refractivity contribution in [3.63, 3.8) is 0 Å². The van der Waals surface area contributed by atoms with Crippen LogP contribution in [0.1, 0.15) is 59.3 Å². The van der Waals surface area contributed by atoms with Gasteiger partial charge in [-0.3, -0.25) is 9.69 Å². The molecule has 0 bridgehead atoms. The number of carbonyl (C=O) groups excluding carboxylic acids is 1. The Balaban J connectivity index is 1.76. The number of amides is 1. The molecule has 2 aliphatic rings. The molecule has 9 heteroatoms. The molecule has 1 aliphatic carbocycles. The zero-order chi connectivity index (χ0) is 28.2. The molecular formula is C30H30Cl2FNO4S. The molecule has 0 saturated heterocycles. The third-order valence-corrected chi connectivity index (χ3v) is 8.99. The molecule has 2 N–H and O–H groups in total. The fourth-order valence-corrected chi connectivity index (χ4v) is 6.09. The lowest BCUT2D eigenvalue weighted by Gasteiger charge is -2.40. The Morgan fingerprint density at radius 3 is 2.33 bits per heavy atom. The van der Waals surface area contributed by atoms with Crippen LogP contribution in [0.25, 0.3) is 0 Å². The minimum Gasteiger partial charge on any atom is -0.396 e. The third-order valence-electron chi connectivity index (χ3n) is 7.68. The van der Waals surface area contributed by atoms with E-state index in [-0.39, 0.29) is 36.4 Å². The summed E-state index contributed by atoms with van der Waals surface area (Å²) in [7, 11) is 0. The van der Waals surface area contributed by atoms with Gasteiger partial charge in [0.1, 0.15) is 5.82 Å². The predicted molar refractivity (Wildman–Crippen MR) is 152 cm³/mol. The zero-order valence-electron chi connectivity index (χ0n) is 21.9. The summed E-state index contributed by atoms with van der Waals surface area (Å²) in [6.45, 7) is 3.25. The Bertz CT molecular complexity index is 1420. The lowest BCUT2D eigenvalue weighted by molar-refractivity contribution is -0.130. The van der Waals surface area contributed by atoms with Crippen molar-refractivity contribution < 1.29 is 24.1 Å². The van der Waals surface area contributed by atoms with E-state index in [0.717, 1.165) is 23.3 Å². The van der Waals surface area contributed by atoms with Gasteiger partial charge in [-0.1, -0.05) is 41.4 Å². The molecular weight excluding hydrogens is 560 g/mol. The molecule has 39 heavy (non-hydrogen) atoms. The van der Waals surface area contributed by atoms with Crippen LogP contribution in [0.5, 0.6) is 0 Å². The van der Waals surface area contributed by atoms with Crippen LogP contribution in [-0.2, 0) is 22.6 Å². The van der Waals surface area contributed by atoms with Crippen LogP contribution >= 0.6 is 35.0 Å². The highest BCUT2D eigenvalue weighted by molar-refractivity contribution is 7.98. The van der Waals surface area contributed by atoms with Gasteiger partial charge in [-0.25, -0.2) is 4.39 Å². The van der Waals surface area contributed by atoms with Crippen LogP contribution in [0.15, 0.2) is 59.5 Å². The Morgan fingerprint density at radius 2 is 1.74 bits per heavy atom. The van der Waals surface area contributed by atoms with E-state index < -0.39 is 28.5 Å². The highest BCUT2D eigenvalue weighted by atomic mass is 35.5. The van der Waals surface area contributed by atoms with Gasteiger partial charge in [-0.15, -0.1) is 11.8 Å². The van der Waals surface area contributed by atoms with Gasteiger partial charge in [-0.05, 0) is 80.5 Å². The van der Waals surface area contributed by atoms with Gasteiger partial charge in [0.25, 0.3) is 5.91 Å². The summed E-state index contributed by atoms with van der Waals surface area (Å²) in [6.07, 6.45) is 3.47. The minimum absolute atomic E-state index is 0.0710. The van der Waals surface area contributed by atoms with Gasteiger partial charge >= 0.3 is 0 Å². The number of nitrogens with zero attached hydrogens (tertiary/aromatic N) is 1. The fourth-order valence-electron chi connectivity index (χ4n) is 5.09. The summed E-state index contributed by atoms with van der Waals surface area (Å²) in [5.74, 6) is -1.09. The number of ether oxygens (including phenoxy) is 1. The van der Waals surface area contributed by atoms with Crippen LogP contribution in [0.3, 0.4) is 0 Å². The summed E-state index contributed by atoms with van der Waals surface area (Å²) in [5.41, 5.74) is -1.62. The molecule has 3 aromatic rings. The molecule has 1 amide bonds. The minimum atomic E-state index is -1.64. The van der Waals surface area contributed by atoms with E-state index in [4.69, 9.17) is 27.9 Å². The predicted octanol–water partition coefficient (Wildman–Crippen LogP) is 6.73. The maximum absolute atomic E-state index is 16.3. The number of aliphatic hydroxyl groups is 2. The second-order valence-corrected chi connectivity index (χ2v) is 12.6. The van der Waals surface area contributed by atoms with Gasteiger partial charge in [-0.2, -0.15) is 0 Å². The molecule has 3 aromatic carbocycles. The number of fused-ring (bicyclic) bond motifs is 1. The van der Waals surface area contributed by atoms with E-state index in [9.17, 15) is 15.0 Å². The molecule has 1 heterocycles. The molecule has 0 spiro atoms. The smallest absolute Gasteiger partial charge is 0.257 e. The van der Waals surface area contributed by atoms with Crippen molar-refractivity contribution >= 4 is 40.9 Å². The van der Waals surface area contributed by atoms with Crippen molar-refractivity contribution in [2.24, 2.45) is 5.41 Å². The van der Waals surface area contributed by atoms with Crippen LogP contribution in [0, 0.1) is 11.2 Å². The first-order valence-corrected chi connectivity index (χ1v) is 14.6. The van der Waals surface area contributed by atoms with Crippen LogP contribution in [-0.4, -0.2) is 40.5 Å². The number of benzene rings is 3. The highest BCUT2D eigenvalue weighted by Crippen LogP contribution is 2.52. The Morgan fingerprint density at radius 1 is 1.08 bits per heavy atom. The average molecular weight is 591 g/mol. The first-order chi connectivity index (χ1) is 18.4. The summed E-state index contributed by atoms with van der Waals surface area (Å²) < 4.78 is 23.0. The van der Waals surface area contributed by atoms with Crippen molar-refractivity contribution in [3.8, 4) is 0 Å². The number of thioether (sulfide) groups is 1. The number of carbonyl (C=O) groups is 1. The van der Waals surface area contributed by atoms with E-state index >= 15 is 4.39 Å². The van der Waals surface area contributed by atoms with Gasteiger partial charge in [0, 0.05) is 25.9 Å². The number of halogens is 3. The Kier molecular flexibility index (Phi) is 7.55. The average Bonchev–Trinajstić information content (AvgIpc) is 3.64. The van der Waals surface area contributed by atoms with Crippen molar-refractivity contribution in [2.75, 3.05) is 19.5 Å². The first kappa shape index (κ1) is 28.4. The lowest BCUT2D eigenvalue weighted by Crippen LogP contribution is -2.48. The molecule has 206 valence electrons. The maximum atomic E-state index is 16.3. The fraction of sp³-hybridized carbons (Fsp3) is 0.367. The Hall–Kier alpha value is -2.13. The van der Waals surface area contributed by atoms with Crippen molar-refractivity contribution in [1.29, 1.82) is 0 Å². The number of hydrogen-bond donors (Lipinski definition) is 2. The van der Waals surface area contributed by atoms with E-state index in [0.29, 0.717) is 15.6 Å². The molecule has 5 rings (SSSR count). The number of aliphatic hydroxyl groups excluding tert-OH is 1. The molecule has 0 unspecified atom stereocenters. The SMILES string of the molecule is CSc1cc(Cl)ccc1CN1C(=O)c2cc(C(C)(C)O)cc(F)c2[C@]1(OCC1(CO)CC1)c1ccc(Cl)cc1. The van der Waals surface area contributed by atoms with E-state index in [1.807, 2.05) is 18.4 Å². The first-order valence-electron chi connectivity index (χ1n) is 12.7. The van der Waals surface area contributed by atoms with E-state index in [1.165, 1.54) is 22.7 Å². The monoisotopic (exact) mass is 589 g/mol. The van der Waals surface area contributed by atoms with Gasteiger partial charge in [0.2, 0.25) is 0 Å². The molecule has 5 nitrogen and oxygen atoms in total. The molecule has 0 radical (unpaired) electrons. The second-order valence-electron chi connectivity index (χ2n) is 10.9. The standard InChI is InChI=1S/C30H30Cl2FNO4S/c1-28(2,37)20-12-23-26(24(33)13-20)30(19-5-8-21(31)9-6-19,38-17-29(16-35)10-11-29)34(27(23)36)15-18-4-7-22(32)14-25(18)39-3/h4-9,12-14,35,37H,10-11,15-17H2,1-3H3/t30-/m1/s1.